The number of anilines is 1. The summed E-state index contributed by atoms with van der Waals surface area (Å²) >= 11 is 0. The van der Waals surface area contributed by atoms with Gasteiger partial charge in [0.05, 0.1) is 13.2 Å². The summed E-state index contributed by atoms with van der Waals surface area (Å²) in [6.07, 6.45) is 0.375. The lowest BCUT2D eigenvalue weighted by atomic mass is 10.1. The van der Waals surface area contributed by atoms with E-state index in [-0.39, 0.29) is 30.7 Å². The van der Waals surface area contributed by atoms with Gasteiger partial charge in [0.1, 0.15) is 0 Å². The Balaban J connectivity index is 0.00000200. The molecule has 0 spiro atoms. The molecule has 7 heteroatoms. The molecule has 1 aliphatic heterocycles. The van der Waals surface area contributed by atoms with Crippen molar-refractivity contribution in [3.8, 4) is 0 Å². The highest BCUT2D eigenvalue weighted by Gasteiger charge is 2.14. The molecule has 0 saturated carbocycles. The van der Waals surface area contributed by atoms with Crippen LogP contribution in [0, 0.1) is 0 Å². The minimum Gasteiger partial charge on any atom is -0.378 e. The van der Waals surface area contributed by atoms with Gasteiger partial charge in [0, 0.05) is 38.3 Å². The summed E-state index contributed by atoms with van der Waals surface area (Å²) in [5, 5.41) is 2.90. The van der Waals surface area contributed by atoms with E-state index in [2.05, 4.69) is 16.3 Å². The van der Waals surface area contributed by atoms with Crippen molar-refractivity contribution in [3.63, 3.8) is 0 Å². The Labute approximate surface area is 138 Å². The minimum atomic E-state index is -0.000666. The monoisotopic (exact) mass is 335 g/mol. The Hall–Kier alpha value is -1.01. The Morgan fingerprint density at radius 2 is 1.90 bits per heavy atom. The number of carbonyl (C=O) groups excluding carboxylic acids is 1. The van der Waals surface area contributed by atoms with Crippen molar-refractivity contribution in [2.75, 3.05) is 37.7 Å². The van der Waals surface area contributed by atoms with Crippen LogP contribution in [0.2, 0.25) is 0 Å². The summed E-state index contributed by atoms with van der Waals surface area (Å²) in [7, 11) is 0. The van der Waals surface area contributed by atoms with Gasteiger partial charge in [-0.25, -0.2) is 0 Å². The first-order valence-corrected chi connectivity index (χ1v) is 6.68. The summed E-state index contributed by atoms with van der Waals surface area (Å²) < 4.78 is 5.37. The van der Waals surface area contributed by atoms with E-state index in [1.807, 2.05) is 18.2 Å². The molecular formula is C14H23Cl2N3O2. The number of benzene rings is 1. The fraction of sp³-hybridized carbons (Fsp3) is 0.500. The minimum absolute atomic E-state index is 0. The number of nitrogens with two attached hydrogens (primary N) is 1. The lowest BCUT2D eigenvalue weighted by Gasteiger charge is -2.30. The van der Waals surface area contributed by atoms with Gasteiger partial charge < -0.3 is 20.7 Å². The molecule has 120 valence electrons. The molecule has 3 N–H and O–H groups in total. The molecule has 5 nitrogen and oxygen atoms in total. The maximum absolute atomic E-state index is 11.5. The Morgan fingerprint density at radius 1 is 1.24 bits per heavy atom. The zero-order valence-corrected chi connectivity index (χ0v) is 13.5. The molecule has 1 saturated heterocycles. The van der Waals surface area contributed by atoms with Gasteiger partial charge in [-0.1, -0.05) is 18.2 Å². The average Bonchev–Trinajstić information content (AvgIpc) is 2.47. The molecule has 2 rings (SSSR count). The summed E-state index contributed by atoms with van der Waals surface area (Å²) in [6, 6.07) is 8.16. The molecule has 1 aromatic rings. The Kier molecular flexibility index (Phi) is 10.2. The van der Waals surface area contributed by atoms with Crippen LogP contribution in [0.3, 0.4) is 0 Å². The standard InChI is InChI=1S/C14H21N3O2.2ClH/c15-6-5-14(18)16-11-12-3-1-2-4-13(12)17-7-9-19-10-8-17;;/h1-4H,5-11,15H2,(H,16,18);2*1H. The van der Waals surface area contributed by atoms with Gasteiger partial charge in [0.25, 0.3) is 0 Å². The van der Waals surface area contributed by atoms with Crippen molar-refractivity contribution in [3.05, 3.63) is 29.8 Å². The van der Waals surface area contributed by atoms with Gasteiger partial charge >= 0.3 is 0 Å². The maximum Gasteiger partial charge on any atom is 0.221 e. The number of halogens is 2. The number of hydrogen-bond donors (Lipinski definition) is 2. The van der Waals surface area contributed by atoms with Crippen LogP contribution in [0.15, 0.2) is 24.3 Å². The Morgan fingerprint density at radius 3 is 2.57 bits per heavy atom. The molecule has 0 atom stereocenters. The zero-order valence-electron chi connectivity index (χ0n) is 11.9. The number of nitrogens with one attached hydrogen (secondary N) is 1. The number of nitrogens with zero attached hydrogens (tertiary/aromatic N) is 1. The number of rotatable bonds is 5. The zero-order chi connectivity index (χ0) is 13.5. The summed E-state index contributed by atoms with van der Waals surface area (Å²) in [4.78, 5) is 13.8. The van der Waals surface area contributed by atoms with Gasteiger partial charge in [0.2, 0.25) is 5.91 Å². The van der Waals surface area contributed by atoms with Crippen LogP contribution in [0.1, 0.15) is 12.0 Å². The van der Waals surface area contributed by atoms with Crippen LogP contribution in [-0.4, -0.2) is 38.8 Å². The van der Waals surface area contributed by atoms with Gasteiger partial charge in [0.15, 0.2) is 0 Å². The number of ether oxygens (including phenoxy) is 1. The van der Waals surface area contributed by atoms with Crippen LogP contribution < -0.4 is 16.0 Å². The number of morpholine rings is 1. The summed E-state index contributed by atoms with van der Waals surface area (Å²) in [5.41, 5.74) is 7.68. The molecule has 0 aromatic heterocycles. The average molecular weight is 336 g/mol. The fourth-order valence-electron chi connectivity index (χ4n) is 2.19. The molecule has 1 aromatic carbocycles. The van der Waals surface area contributed by atoms with E-state index >= 15 is 0 Å². The second-order valence-electron chi connectivity index (χ2n) is 4.54. The van der Waals surface area contributed by atoms with Gasteiger partial charge in [-0.15, -0.1) is 24.8 Å². The SMILES string of the molecule is Cl.Cl.NCCC(=O)NCc1ccccc1N1CCOCC1. The normalized spacial score (nSPS) is 13.9. The van der Waals surface area contributed by atoms with Crippen LogP contribution in [0.25, 0.3) is 0 Å². The molecule has 1 aliphatic rings. The molecule has 0 aliphatic carbocycles. The van der Waals surface area contributed by atoms with E-state index in [9.17, 15) is 4.79 Å². The topological polar surface area (TPSA) is 67.6 Å². The third-order valence-corrected chi connectivity index (χ3v) is 3.19. The van der Waals surface area contributed by atoms with Gasteiger partial charge in [-0.05, 0) is 11.6 Å². The van der Waals surface area contributed by atoms with Crippen molar-refractivity contribution < 1.29 is 9.53 Å². The van der Waals surface area contributed by atoms with E-state index in [4.69, 9.17) is 10.5 Å². The number of para-hydroxylation sites is 1. The molecule has 1 fully saturated rings. The predicted molar refractivity (Wildman–Crippen MR) is 89.5 cm³/mol. The van der Waals surface area contributed by atoms with Crippen LogP contribution in [-0.2, 0) is 16.1 Å². The molecular weight excluding hydrogens is 313 g/mol. The van der Waals surface area contributed by atoms with Crippen molar-refractivity contribution in [2.45, 2.75) is 13.0 Å². The molecule has 0 bridgehead atoms. The number of carbonyl (C=O) groups is 1. The second kappa shape index (κ2) is 10.7. The molecule has 21 heavy (non-hydrogen) atoms. The maximum atomic E-state index is 11.5. The first-order valence-electron chi connectivity index (χ1n) is 6.68. The van der Waals surface area contributed by atoms with E-state index < -0.39 is 0 Å². The van der Waals surface area contributed by atoms with Gasteiger partial charge in [-0.3, -0.25) is 4.79 Å². The molecule has 1 heterocycles. The fourth-order valence-corrected chi connectivity index (χ4v) is 2.19. The first-order chi connectivity index (χ1) is 9.31. The van der Waals surface area contributed by atoms with Crippen LogP contribution in [0.4, 0.5) is 5.69 Å². The largest absolute Gasteiger partial charge is 0.378 e. The molecule has 0 radical (unpaired) electrons. The van der Waals surface area contributed by atoms with Gasteiger partial charge in [-0.2, -0.15) is 0 Å². The second-order valence-corrected chi connectivity index (χ2v) is 4.54. The quantitative estimate of drug-likeness (QED) is 0.851. The van der Waals surface area contributed by atoms with E-state index in [0.29, 0.717) is 19.5 Å². The highest BCUT2D eigenvalue weighted by molar-refractivity contribution is 5.85. The third kappa shape index (κ3) is 6.09. The Bertz CT molecular complexity index is 426. The number of amides is 1. The predicted octanol–water partition coefficient (Wildman–Crippen LogP) is 1.33. The van der Waals surface area contributed by atoms with Crippen molar-refractivity contribution in [1.82, 2.24) is 5.32 Å². The van der Waals surface area contributed by atoms with E-state index in [1.165, 1.54) is 5.69 Å². The highest BCUT2D eigenvalue weighted by Crippen LogP contribution is 2.21. The van der Waals surface area contributed by atoms with Crippen molar-refractivity contribution in [2.24, 2.45) is 5.73 Å². The van der Waals surface area contributed by atoms with Crippen molar-refractivity contribution >= 4 is 36.4 Å². The lowest BCUT2D eigenvalue weighted by molar-refractivity contribution is -0.121. The molecule has 0 unspecified atom stereocenters. The third-order valence-electron chi connectivity index (χ3n) is 3.19. The highest BCUT2D eigenvalue weighted by atomic mass is 35.5. The van der Waals surface area contributed by atoms with Crippen LogP contribution >= 0.6 is 24.8 Å². The lowest BCUT2D eigenvalue weighted by Crippen LogP contribution is -2.37. The smallest absolute Gasteiger partial charge is 0.221 e. The van der Waals surface area contributed by atoms with Crippen molar-refractivity contribution in [1.29, 1.82) is 0 Å². The summed E-state index contributed by atoms with van der Waals surface area (Å²) in [6.45, 7) is 4.24. The summed E-state index contributed by atoms with van der Waals surface area (Å²) in [5.74, 6) is -0.000666. The van der Waals surface area contributed by atoms with E-state index in [0.717, 1.165) is 31.9 Å². The first kappa shape index (κ1) is 20.0. The number of hydrogen-bond acceptors (Lipinski definition) is 4. The van der Waals surface area contributed by atoms with Crippen LogP contribution in [0.5, 0.6) is 0 Å². The van der Waals surface area contributed by atoms with E-state index in [1.54, 1.807) is 0 Å². The molecule has 1 amide bonds.